The van der Waals surface area contributed by atoms with Crippen molar-refractivity contribution in [3.05, 3.63) is 70.8 Å². The summed E-state index contributed by atoms with van der Waals surface area (Å²) in [5.41, 5.74) is 3.33. The topological polar surface area (TPSA) is 26.7 Å². The SMILES string of the molecule is OCCN1CCN([C@H]2CC[C@@H](c3ccc(F)cc3)c3ccc(F)cc32)CC1. The third-order valence-electron chi connectivity index (χ3n) is 6.05. The summed E-state index contributed by atoms with van der Waals surface area (Å²) in [5, 5.41) is 9.13. The Morgan fingerprint density at radius 1 is 0.852 bits per heavy atom. The normalized spacial score (nSPS) is 24.0. The number of fused-ring (bicyclic) bond motifs is 1. The molecule has 1 saturated heterocycles. The van der Waals surface area contributed by atoms with Gasteiger partial charge < -0.3 is 5.11 Å². The quantitative estimate of drug-likeness (QED) is 0.889. The standard InChI is InChI=1S/C22H26F2N2O/c23-17-3-1-16(2-4-17)19-7-8-22(21-15-18(24)5-6-20(19)21)26-11-9-25(10-12-26)13-14-27/h1-6,15,19,22,27H,7-14H2/t19-,22-/m0/s1. The number of halogens is 2. The van der Waals surface area contributed by atoms with Gasteiger partial charge in [-0.05, 0) is 53.8 Å². The number of aliphatic hydroxyl groups excluding tert-OH is 1. The minimum absolute atomic E-state index is 0.188. The molecule has 1 aliphatic heterocycles. The van der Waals surface area contributed by atoms with E-state index in [1.165, 1.54) is 18.2 Å². The van der Waals surface area contributed by atoms with Crippen LogP contribution in [0, 0.1) is 11.6 Å². The molecule has 0 aromatic heterocycles. The van der Waals surface area contributed by atoms with Crippen LogP contribution in [-0.4, -0.2) is 54.2 Å². The van der Waals surface area contributed by atoms with E-state index in [2.05, 4.69) is 9.80 Å². The number of benzene rings is 2. The second kappa shape index (κ2) is 8.05. The largest absolute Gasteiger partial charge is 0.395 e. The molecule has 2 aliphatic rings. The Hall–Kier alpha value is -1.82. The molecule has 27 heavy (non-hydrogen) atoms. The van der Waals surface area contributed by atoms with Gasteiger partial charge >= 0.3 is 0 Å². The molecular weight excluding hydrogens is 346 g/mol. The molecule has 0 spiro atoms. The molecular formula is C22H26F2N2O. The average molecular weight is 372 g/mol. The van der Waals surface area contributed by atoms with Gasteiger partial charge in [0.05, 0.1) is 6.61 Å². The minimum Gasteiger partial charge on any atom is -0.395 e. The maximum absolute atomic E-state index is 14.1. The monoisotopic (exact) mass is 372 g/mol. The third-order valence-corrected chi connectivity index (χ3v) is 6.05. The Morgan fingerprint density at radius 2 is 1.56 bits per heavy atom. The van der Waals surface area contributed by atoms with Crippen LogP contribution in [0.4, 0.5) is 8.78 Å². The highest BCUT2D eigenvalue weighted by Gasteiger charge is 2.33. The molecule has 2 atom stereocenters. The molecule has 0 saturated carbocycles. The molecule has 0 unspecified atom stereocenters. The van der Waals surface area contributed by atoms with E-state index >= 15 is 0 Å². The number of β-amino-alcohol motifs (C(OH)–C–C–N with tert-alkyl or cyclic N) is 1. The summed E-state index contributed by atoms with van der Waals surface area (Å²) in [6, 6.07) is 12.1. The maximum Gasteiger partial charge on any atom is 0.123 e. The summed E-state index contributed by atoms with van der Waals surface area (Å²) in [5.74, 6) is -0.238. The highest BCUT2D eigenvalue weighted by molar-refractivity contribution is 5.42. The summed E-state index contributed by atoms with van der Waals surface area (Å²) in [6.45, 7) is 4.64. The predicted molar refractivity (Wildman–Crippen MR) is 102 cm³/mol. The molecule has 1 heterocycles. The van der Waals surface area contributed by atoms with Crippen LogP contribution >= 0.6 is 0 Å². The van der Waals surface area contributed by atoms with Crippen molar-refractivity contribution in [3.63, 3.8) is 0 Å². The summed E-state index contributed by atoms with van der Waals surface area (Å²) >= 11 is 0. The van der Waals surface area contributed by atoms with Crippen LogP contribution in [0.5, 0.6) is 0 Å². The van der Waals surface area contributed by atoms with Gasteiger partial charge in [0.15, 0.2) is 0 Å². The van der Waals surface area contributed by atoms with E-state index in [1.54, 1.807) is 6.07 Å². The Balaban J connectivity index is 1.59. The zero-order valence-corrected chi connectivity index (χ0v) is 15.5. The number of aliphatic hydroxyl groups is 1. The van der Waals surface area contributed by atoms with E-state index in [0.717, 1.165) is 62.3 Å². The molecule has 144 valence electrons. The lowest BCUT2D eigenvalue weighted by Crippen LogP contribution is -2.48. The summed E-state index contributed by atoms with van der Waals surface area (Å²) in [6.07, 6.45) is 1.95. The van der Waals surface area contributed by atoms with Gasteiger partial charge in [-0.15, -0.1) is 0 Å². The molecule has 2 aromatic rings. The number of piperazine rings is 1. The van der Waals surface area contributed by atoms with Gasteiger partial charge in [-0.3, -0.25) is 9.80 Å². The summed E-state index contributed by atoms with van der Waals surface area (Å²) in [4.78, 5) is 4.72. The average Bonchev–Trinajstić information content (AvgIpc) is 2.69. The Kier molecular flexibility index (Phi) is 5.53. The zero-order chi connectivity index (χ0) is 18.8. The van der Waals surface area contributed by atoms with E-state index in [1.807, 2.05) is 18.2 Å². The highest BCUT2D eigenvalue weighted by Crippen LogP contribution is 2.44. The number of hydrogen-bond acceptors (Lipinski definition) is 3. The summed E-state index contributed by atoms with van der Waals surface area (Å²) in [7, 11) is 0. The van der Waals surface area contributed by atoms with Crippen molar-refractivity contribution >= 4 is 0 Å². The lowest BCUT2D eigenvalue weighted by molar-refractivity contribution is 0.0762. The molecule has 0 radical (unpaired) electrons. The van der Waals surface area contributed by atoms with E-state index in [-0.39, 0.29) is 30.2 Å². The maximum atomic E-state index is 14.1. The Morgan fingerprint density at radius 3 is 2.26 bits per heavy atom. The minimum atomic E-state index is -0.229. The Bertz CT molecular complexity index is 772. The smallest absolute Gasteiger partial charge is 0.123 e. The Labute approximate surface area is 159 Å². The van der Waals surface area contributed by atoms with Gasteiger partial charge in [-0.25, -0.2) is 8.78 Å². The molecule has 2 aromatic carbocycles. The number of nitrogens with zero attached hydrogens (tertiary/aromatic N) is 2. The van der Waals surface area contributed by atoms with Crippen LogP contribution in [0.25, 0.3) is 0 Å². The molecule has 4 rings (SSSR count). The van der Waals surface area contributed by atoms with Gasteiger partial charge in [0.25, 0.3) is 0 Å². The van der Waals surface area contributed by atoms with Crippen LogP contribution in [0.15, 0.2) is 42.5 Å². The fourth-order valence-corrected chi connectivity index (χ4v) is 4.65. The van der Waals surface area contributed by atoms with Crippen LogP contribution in [0.2, 0.25) is 0 Å². The molecule has 1 N–H and O–H groups in total. The lowest BCUT2D eigenvalue weighted by Gasteiger charge is -2.43. The second-order valence-electron chi connectivity index (χ2n) is 7.57. The van der Waals surface area contributed by atoms with E-state index < -0.39 is 0 Å². The van der Waals surface area contributed by atoms with Gasteiger partial charge in [0.2, 0.25) is 0 Å². The molecule has 0 amide bonds. The van der Waals surface area contributed by atoms with E-state index in [4.69, 9.17) is 5.11 Å². The highest BCUT2D eigenvalue weighted by atomic mass is 19.1. The molecule has 1 fully saturated rings. The third kappa shape index (κ3) is 3.91. The van der Waals surface area contributed by atoms with Crippen LogP contribution in [-0.2, 0) is 0 Å². The van der Waals surface area contributed by atoms with Crippen molar-refractivity contribution in [1.82, 2.24) is 9.80 Å². The lowest BCUT2D eigenvalue weighted by atomic mass is 9.76. The first-order chi connectivity index (χ1) is 13.2. The van der Waals surface area contributed by atoms with Crippen molar-refractivity contribution in [2.75, 3.05) is 39.3 Å². The summed E-state index contributed by atoms with van der Waals surface area (Å²) < 4.78 is 27.4. The zero-order valence-electron chi connectivity index (χ0n) is 15.5. The number of rotatable bonds is 4. The molecule has 5 heteroatoms. The first-order valence-corrected chi connectivity index (χ1v) is 9.78. The van der Waals surface area contributed by atoms with Crippen molar-refractivity contribution in [2.24, 2.45) is 0 Å². The van der Waals surface area contributed by atoms with Crippen molar-refractivity contribution in [2.45, 2.75) is 24.8 Å². The van der Waals surface area contributed by atoms with Crippen LogP contribution < -0.4 is 0 Å². The second-order valence-corrected chi connectivity index (χ2v) is 7.57. The van der Waals surface area contributed by atoms with Crippen molar-refractivity contribution in [1.29, 1.82) is 0 Å². The molecule has 0 bridgehead atoms. The number of hydrogen-bond donors (Lipinski definition) is 1. The fraction of sp³-hybridized carbons (Fsp3) is 0.455. The van der Waals surface area contributed by atoms with Gasteiger partial charge in [0, 0.05) is 44.7 Å². The predicted octanol–water partition coefficient (Wildman–Crippen LogP) is 3.54. The van der Waals surface area contributed by atoms with Crippen LogP contribution in [0.1, 0.15) is 41.5 Å². The van der Waals surface area contributed by atoms with Gasteiger partial charge in [-0.1, -0.05) is 18.2 Å². The van der Waals surface area contributed by atoms with E-state index in [0.29, 0.717) is 0 Å². The van der Waals surface area contributed by atoms with Gasteiger partial charge in [0.1, 0.15) is 11.6 Å². The van der Waals surface area contributed by atoms with Gasteiger partial charge in [-0.2, -0.15) is 0 Å². The van der Waals surface area contributed by atoms with Crippen molar-refractivity contribution in [3.8, 4) is 0 Å². The molecule has 1 aliphatic carbocycles. The molecule has 3 nitrogen and oxygen atoms in total. The first-order valence-electron chi connectivity index (χ1n) is 9.78. The van der Waals surface area contributed by atoms with E-state index in [9.17, 15) is 8.78 Å². The first kappa shape index (κ1) is 18.5. The van der Waals surface area contributed by atoms with Crippen LogP contribution in [0.3, 0.4) is 0 Å². The fourth-order valence-electron chi connectivity index (χ4n) is 4.65. The van der Waals surface area contributed by atoms with Crippen molar-refractivity contribution < 1.29 is 13.9 Å².